The molecule has 5 nitrogen and oxygen atoms in total. The molecule has 0 spiro atoms. The third kappa shape index (κ3) is 4.83. The van der Waals surface area contributed by atoms with Crippen molar-refractivity contribution >= 4 is 29.0 Å². The van der Waals surface area contributed by atoms with Crippen LogP contribution < -0.4 is 5.32 Å². The molecule has 0 radical (unpaired) electrons. The molecule has 1 fully saturated rings. The molecule has 0 aliphatic heterocycles. The van der Waals surface area contributed by atoms with Crippen molar-refractivity contribution in [3.63, 3.8) is 0 Å². The fourth-order valence-corrected chi connectivity index (χ4v) is 4.68. The monoisotopic (exact) mass is 412 g/mol. The van der Waals surface area contributed by atoms with E-state index in [9.17, 15) is 4.79 Å². The number of thiophene rings is 1. The Morgan fingerprint density at radius 1 is 1.25 bits per heavy atom. The van der Waals surface area contributed by atoms with E-state index in [1.807, 2.05) is 12.1 Å². The van der Waals surface area contributed by atoms with Gasteiger partial charge in [-0.3, -0.25) is 9.36 Å². The molecule has 1 aromatic carbocycles. The highest BCUT2D eigenvalue weighted by Gasteiger charge is 2.30. The molecule has 1 amide bonds. The second kappa shape index (κ2) is 8.92. The smallest absolute Gasteiger partial charge is 0.230 e. The minimum Gasteiger partial charge on any atom is -0.353 e. The lowest BCUT2D eigenvalue weighted by atomic mass is 10.1. The number of aromatic nitrogens is 3. The van der Waals surface area contributed by atoms with E-state index in [0.717, 1.165) is 41.5 Å². The molecule has 1 aliphatic rings. The van der Waals surface area contributed by atoms with Gasteiger partial charge in [0.2, 0.25) is 5.91 Å². The first kappa shape index (κ1) is 19.2. The van der Waals surface area contributed by atoms with Crippen LogP contribution in [0.25, 0.3) is 10.7 Å². The Morgan fingerprint density at radius 3 is 2.79 bits per heavy atom. The van der Waals surface area contributed by atoms with E-state index in [-0.39, 0.29) is 11.9 Å². The summed E-state index contributed by atoms with van der Waals surface area (Å²) in [7, 11) is 0. The first-order valence-corrected chi connectivity index (χ1v) is 11.5. The Labute approximate surface area is 173 Å². The van der Waals surface area contributed by atoms with Gasteiger partial charge in [-0.1, -0.05) is 48.2 Å². The number of thioether (sulfide) groups is 1. The maximum absolute atomic E-state index is 12.4. The molecule has 0 saturated heterocycles. The van der Waals surface area contributed by atoms with Gasteiger partial charge in [-0.2, -0.15) is 0 Å². The topological polar surface area (TPSA) is 59.8 Å². The summed E-state index contributed by atoms with van der Waals surface area (Å²) in [6.07, 6.45) is 4.22. The summed E-state index contributed by atoms with van der Waals surface area (Å²) in [5.41, 5.74) is 1.30. The lowest BCUT2D eigenvalue weighted by Crippen LogP contribution is -2.34. The molecule has 4 rings (SSSR count). The SMILES string of the molecule is C[C@H](CCc1ccccc1)NC(=O)CSc1nnc(-c2cccs2)n1C1CC1. The van der Waals surface area contributed by atoms with Crippen molar-refractivity contribution < 1.29 is 4.79 Å². The summed E-state index contributed by atoms with van der Waals surface area (Å²) in [5, 5.41) is 14.8. The average molecular weight is 413 g/mol. The van der Waals surface area contributed by atoms with Gasteiger partial charge in [0.15, 0.2) is 11.0 Å². The number of benzene rings is 1. The van der Waals surface area contributed by atoms with Crippen molar-refractivity contribution in [2.75, 3.05) is 5.75 Å². The quantitative estimate of drug-likeness (QED) is 0.523. The number of amides is 1. The summed E-state index contributed by atoms with van der Waals surface area (Å²) in [6, 6.07) is 15.1. The number of carbonyl (C=O) groups is 1. The molecule has 7 heteroatoms. The molecule has 146 valence electrons. The van der Waals surface area contributed by atoms with Crippen LogP contribution in [0.5, 0.6) is 0 Å². The van der Waals surface area contributed by atoms with E-state index in [1.54, 1.807) is 11.3 Å². The summed E-state index contributed by atoms with van der Waals surface area (Å²) in [5.74, 6) is 1.34. The predicted molar refractivity (Wildman–Crippen MR) is 115 cm³/mol. The third-order valence-corrected chi connectivity index (χ3v) is 6.58. The molecule has 1 aliphatic carbocycles. The second-order valence-corrected chi connectivity index (χ2v) is 9.06. The van der Waals surface area contributed by atoms with Crippen LogP contribution in [-0.2, 0) is 11.2 Å². The van der Waals surface area contributed by atoms with Gasteiger partial charge in [0.25, 0.3) is 0 Å². The van der Waals surface area contributed by atoms with E-state index in [0.29, 0.717) is 11.8 Å². The lowest BCUT2D eigenvalue weighted by Gasteiger charge is -2.14. The van der Waals surface area contributed by atoms with Gasteiger partial charge in [-0.05, 0) is 49.6 Å². The first-order valence-electron chi connectivity index (χ1n) is 9.65. The standard InChI is InChI=1S/C21H24N4OS2/c1-15(9-10-16-6-3-2-4-7-16)22-19(26)14-28-21-24-23-20(18-8-5-13-27-18)25(21)17-11-12-17/h2-8,13,15,17H,9-12,14H2,1H3,(H,22,26)/t15-/m1/s1. The zero-order valence-electron chi connectivity index (χ0n) is 15.9. The summed E-state index contributed by atoms with van der Waals surface area (Å²) in [6.45, 7) is 2.06. The predicted octanol–water partition coefficient (Wildman–Crippen LogP) is 4.57. The maximum Gasteiger partial charge on any atom is 0.230 e. The summed E-state index contributed by atoms with van der Waals surface area (Å²) < 4.78 is 2.21. The van der Waals surface area contributed by atoms with Crippen molar-refractivity contribution in [1.82, 2.24) is 20.1 Å². The molecule has 0 bridgehead atoms. The zero-order valence-corrected chi connectivity index (χ0v) is 17.5. The van der Waals surface area contributed by atoms with Crippen LogP contribution in [0, 0.1) is 0 Å². The minimum atomic E-state index is 0.0496. The van der Waals surface area contributed by atoms with Gasteiger partial charge >= 0.3 is 0 Å². The van der Waals surface area contributed by atoms with E-state index in [1.165, 1.54) is 17.3 Å². The molecule has 2 heterocycles. The fourth-order valence-electron chi connectivity index (χ4n) is 3.16. The highest BCUT2D eigenvalue weighted by atomic mass is 32.2. The molecule has 2 aromatic heterocycles. The first-order chi connectivity index (χ1) is 13.7. The van der Waals surface area contributed by atoms with Gasteiger partial charge in [0.1, 0.15) is 0 Å². The number of hydrogen-bond acceptors (Lipinski definition) is 5. The maximum atomic E-state index is 12.4. The molecular formula is C21H24N4OS2. The zero-order chi connectivity index (χ0) is 19.3. The number of nitrogens with one attached hydrogen (secondary N) is 1. The van der Waals surface area contributed by atoms with Gasteiger partial charge in [-0.15, -0.1) is 21.5 Å². The van der Waals surface area contributed by atoms with E-state index < -0.39 is 0 Å². The van der Waals surface area contributed by atoms with E-state index >= 15 is 0 Å². The normalized spacial score (nSPS) is 14.8. The molecule has 0 unspecified atom stereocenters. The van der Waals surface area contributed by atoms with E-state index in [2.05, 4.69) is 62.7 Å². The van der Waals surface area contributed by atoms with E-state index in [4.69, 9.17) is 0 Å². The number of hydrogen-bond donors (Lipinski definition) is 1. The number of nitrogens with zero attached hydrogens (tertiary/aromatic N) is 3. The van der Waals surface area contributed by atoms with Crippen LogP contribution >= 0.6 is 23.1 Å². The molecule has 28 heavy (non-hydrogen) atoms. The second-order valence-electron chi connectivity index (χ2n) is 7.17. The highest BCUT2D eigenvalue weighted by molar-refractivity contribution is 7.99. The van der Waals surface area contributed by atoms with Crippen molar-refractivity contribution in [2.24, 2.45) is 0 Å². The molecular weight excluding hydrogens is 388 g/mol. The van der Waals surface area contributed by atoms with Gasteiger partial charge < -0.3 is 5.32 Å². The van der Waals surface area contributed by atoms with Crippen LogP contribution in [0.4, 0.5) is 0 Å². The van der Waals surface area contributed by atoms with Crippen LogP contribution in [0.15, 0.2) is 53.0 Å². The fraction of sp³-hybridized carbons (Fsp3) is 0.381. The molecule has 1 saturated carbocycles. The Balaban J connectivity index is 1.30. The number of rotatable bonds is 9. The van der Waals surface area contributed by atoms with Crippen LogP contribution in [0.2, 0.25) is 0 Å². The van der Waals surface area contributed by atoms with Crippen molar-refractivity contribution in [1.29, 1.82) is 0 Å². The Morgan fingerprint density at radius 2 is 2.07 bits per heavy atom. The third-order valence-electron chi connectivity index (χ3n) is 4.77. The van der Waals surface area contributed by atoms with Crippen LogP contribution in [0.3, 0.4) is 0 Å². The number of aryl methyl sites for hydroxylation is 1. The summed E-state index contributed by atoms with van der Waals surface area (Å²) in [4.78, 5) is 13.5. The average Bonchev–Trinajstić information content (AvgIpc) is 3.23. The van der Waals surface area contributed by atoms with Crippen molar-refractivity contribution in [3.8, 4) is 10.7 Å². The van der Waals surface area contributed by atoms with Gasteiger partial charge in [0, 0.05) is 12.1 Å². The lowest BCUT2D eigenvalue weighted by molar-refractivity contribution is -0.119. The molecule has 1 atom stereocenters. The Hall–Kier alpha value is -2.12. The van der Waals surface area contributed by atoms with Gasteiger partial charge in [0.05, 0.1) is 10.6 Å². The number of carbonyl (C=O) groups excluding carboxylic acids is 1. The largest absolute Gasteiger partial charge is 0.353 e. The van der Waals surface area contributed by atoms with Gasteiger partial charge in [-0.25, -0.2) is 0 Å². The van der Waals surface area contributed by atoms with Crippen LogP contribution in [0.1, 0.15) is 37.8 Å². The molecule has 3 aromatic rings. The highest BCUT2D eigenvalue weighted by Crippen LogP contribution is 2.41. The minimum absolute atomic E-state index is 0.0496. The van der Waals surface area contributed by atoms with Crippen LogP contribution in [-0.4, -0.2) is 32.5 Å². The Kier molecular flexibility index (Phi) is 6.12. The molecule has 1 N–H and O–H groups in total. The Bertz CT molecular complexity index is 904. The van der Waals surface area contributed by atoms with Crippen molar-refractivity contribution in [3.05, 3.63) is 53.4 Å². The van der Waals surface area contributed by atoms with Crippen molar-refractivity contribution in [2.45, 2.75) is 49.8 Å². The summed E-state index contributed by atoms with van der Waals surface area (Å²) >= 11 is 3.15.